The third-order valence-corrected chi connectivity index (χ3v) is 5.85. The first kappa shape index (κ1) is 21.0. The molecule has 0 spiro atoms. The van der Waals surface area contributed by atoms with Crippen LogP contribution in [-0.4, -0.2) is 25.4 Å². The van der Waals surface area contributed by atoms with Gasteiger partial charge in [0.15, 0.2) is 0 Å². The second-order valence-electron chi connectivity index (χ2n) is 7.76. The summed E-state index contributed by atoms with van der Waals surface area (Å²) in [6.45, 7) is 2.06. The summed E-state index contributed by atoms with van der Waals surface area (Å²) in [5, 5.41) is 0. The fourth-order valence-electron chi connectivity index (χ4n) is 4.45. The van der Waals surface area contributed by atoms with Crippen LogP contribution in [0.1, 0.15) is 49.8 Å². The second-order valence-corrected chi connectivity index (χ2v) is 7.76. The molecule has 4 nitrogen and oxygen atoms in total. The van der Waals surface area contributed by atoms with Crippen LogP contribution in [0.5, 0.6) is 0 Å². The van der Waals surface area contributed by atoms with Crippen LogP contribution < -0.4 is 5.48 Å². The molecule has 1 N–H and O–H groups in total. The van der Waals surface area contributed by atoms with E-state index in [1.807, 2.05) is 0 Å². The van der Waals surface area contributed by atoms with Gasteiger partial charge in [0, 0.05) is 17.7 Å². The van der Waals surface area contributed by atoms with Crippen LogP contribution in [0.3, 0.4) is 0 Å². The van der Waals surface area contributed by atoms with Crippen molar-refractivity contribution in [3.05, 3.63) is 82.6 Å². The van der Waals surface area contributed by atoms with Gasteiger partial charge in [0.2, 0.25) is 0 Å². The molecule has 2 bridgehead atoms. The zero-order chi connectivity index (χ0) is 21.1. The van der Waals surface area contributed by atoms with E-state index in [-0.39, 0.29) is 29.9 Å². The lowest BCUT2D eigenvalue weighted by Gasteiger charge is -2.36. The molecule has 2 saturated heterocycles. The highest BCUT2D eigenvalue weighted by Gasteiger charge is 2.42. The van der Waals surface area contributed by atoms with Crippen molar-refractivity contribution in [3.63, 3.8) is 0 Å². The van der Waals surface area contributed by atoms with E-state index in [1.54, 1.807) is 31.4 Å². The second kappa shape index (κ2) is 9.25. The van der Waals surface area contributed by atoms with Gasteiger partial charge in [0.25, 0.3) is 0 Å². The Morgan fingerprint density at radius 2 is 1.63 bits per heavy atom. The third-order valence-electron chi connectivity index (χ3n) is 5.85. The largest absolute Gasteiger partial charge is 0.370 e. The Balaban J connectivity index is 1.71. The van der Waals surface area contributed by atoms with Gasteiger partial charge in [-0.1, -0.05) is 31.2 Å². The van der Waals surface area contributed by atoms with Gasteiger partial charge in [-0.15, -0.1) is 0 Å². The number of halogens is 2. The maximum Gasteiger partial charge on any atom is 0.123 e. The summed E-state index contributed by atoms with van der Waals surface area (Å²) in [6, 6.07) is 12.5. The summed E-state index contributed by atoms with van der Waals surface area (Å²) in [5.74, 6) is -0.613. The normalized spacial score (nSPS) is 24.9. The molecule has 1 unspecified atom stereocenters. The molecule has 0 aromatic heterocycles. The standard InChI is InChI=1S/C24H27F2NO3/c1-3-20(27-28-2)23-21-13-12-19(29-21)14-22(23)30-24(15-4-8-17(25)9-5-15)16-6-10-18(26)11-7-16/h4-11,19,21-22,24,27H,3,12-14H2,1-2H3/t19?,21-,22-/m1/s1. The van der Waals surface area contributed by atoms with Crippen LogP contribution in [0.25, 0.3) is 0 Å². The maximum atomic E-state index is 13.5. The topological polar surface area (TPSA) is 39.7 Å². The fourth-order valence-corrected chi connectivity index (χ4v) is 4.45. The lowest BCUT2D eigenvalue weighted by atomic mass is 9.94. The SMILES string of the molecule is CCC(NOC)=C1[C@H]2CCC(C[C@H]1OC(c1ccc(F)cc1)c1ccc(F)cc1)O2. The Morgan fingerprint density at radius 3 is 2.17 bits per heavy atom. The smallest absolute Gasteiger partial charge is 0.123 e. The van der Waals surface area contributed by atoms with Crippen LogP contribution >= 0.6 is 0 Å². The summed E-state index contributed by atoms with van der Waals surface area (Å²) >= 11 is 0. The number of hydrogen-bond donors (Lipinski definition) is 1. The zero-order valence-corrected chi connectivity index (χ0v) is 17.2. The van der Waals surface area contributed by atoms with Crippen molar-refractivity contribution in [1.29, 1.82) is 0 Å². The maximum absolute atomic E-state index is 13.5. The molecule has 30 heavy (non-hydrogen) atoms. The molecule has 2 fully saturated rings. The molecular weight excluding hydrogens is 388 g/mol. The first-order chi connectivity index (χ1) is 14.6. The molecule has 3 atom stereocenters. The molecule has 2 aromatic rings. The van der Waals surface area contributed by atoms with E-state index in [0.29, 0.717) is 0 Å². The number of fused-ring (bicyclic) bond motifs is 2. The molecule has 2 aromatic carbocycles. The average Bonchev–Trinajstić information content (AvgIpc) is 3.14. The van der Waals surface area contributed by atoms with Gasteiger partial charge in [-0.25, -0.2) is 8.78 Å². The summed E-state index contributed by atoms with van der Waals surface area (Å²) < 4.78 is 39.9. The molecule has 6 heteroatoms. The first-order valence-electron chi connectivity index (χ1n) is 10.4. The zero-order valence-electron chi connectivity index (χ0n) is 17.2. The van der Waals surface area contributed by atoms with Gasteiger partial charge in [-0.2, -0.15) is 0 Å². The Hall–Kier alpha value is -2.28. The number of ether oxygens (including phenoxy) is 2. The predicted molar refractivity (Wildman–Crippen MR) is 109 cm³/mol. The third kappa shape index (κ3) is 4.41. The number of rotatable bonds is 7. The van der Waals surface area contributed by atoms with Gasteiger partial charge >= 0.3 is 0 Å². The first-order valence-corrected chi connectivity index (χ1v) is 10.4. The van der Waals surface area contributed by atoms with Gasteiger partial charge in [-0.05, 0) is 54.7 Å². The fraction of sp³-hybridized carbons (Fsp3) is 0.417. The average molecular weight is 415 g/mol. The van der Waals surface area contributed by atoms with Crippen molar-refractivity contribution >= 4 is 0 Å². The molecule has 0 aliphatic carbocycles. The van der Waals surface area contributed by atoms with E-state index in [4.69, 9.17) is 14.3 Å². The van der Waals surface area contributed by atoms with Crippen LogP contribution in [-0.2, 0) is 14.3 Å². The monoisotopic (exact) mass is 415 g/mol. The lowest BCUT2D eigenvalue weighted by molar-refractivity contribution is -0.0614. The highest BCUT2D eigenvalue weighted by molar-refractivity contribution is 5.32. The highest BCUT2D eigenvalue weighted by Crippen LogP contribution is 2.42. The minimum Gasteiger partial charge on any atom is -0.370 e. The Bertz CT molecular complexity index is 837. The van der Waals surface area contributed by atoms with Gasteiger partial charge in [-0.3, -0.25) is 10.3 Å². The van der Waals surface area contributed by atoms with Crippen molar-refractivity contribution in [2.45, 2.75) is 57.0 Å². The van der Waals surface area contributed by atoms with Crippen LogP contribution in [0.15, 0.2) is 59.8 Å². The van der Waals surface area contributed by atoms with Gasteiger partial charge in [0.1, 0.15) is 17.7 Å². The van der Waals surface area contributed by atoms with Crippen LogP contribution in [0.2, 0.25) is 0 Å². The summed E-state index contributed by atoms with van der Waals surface area (Å²) in [7, 11) is 1.59. The number of hydrogen-bond acceptors (Lipinski definition) is 4. The van der Waals surface area contributed by atoms with Crippen molar-refractivity contribution in [2.24, 2.45) is 0 Å². The van der Waals surface area contributed by atoms with Crippen molar-refractivity contribution in [3.8, 4) is 0 Å². The van der Waals surface area contributed by atoms with E-state index >= 15 is 0 Å². The number of hydroxylamine groups is 1. The molecule has 0 saturated carbocycles. The molecule has 2 heterocycles. The molecule has 4 rings (SSSR count). The summed E-state index contributed by atoms with van der Waals surface area (Å²) in [6.07, 6.45) is 2.95. The van der Waals surface area contributed by atoms with E-state index in [2.05, 4.69) is 12.4 Å². The Morgan fingerprint density at radius 1 is 1.03 bits per heavy atom. The Kier molecular flexibility index (Phi) is 6.46. The predicted octanol–water partition coefficient (Wildman–Crippen LogP) is 5.21. The number of benzene rings is 2. The number of allylic oxidation sites excluding steroid dienone is 1. The van der Waals surface area contributed by atoms with Crippen LogP contribution in [0, 0.1) is 11.6 Å². The molecule has 160 valence electrons. The van der Waals surface area contributed by atoms with Crippen LogP contribution in [0.4, 0.5) is 8.78 Å². The molecule has 0 amide bonds. The van der Waals surface area contributed by atoms with Crippen molar-refractivity contribution in [2.75, 3.05) is 7.11 Å². The van der Waals surface area contributed by atoms with Crippen molar-refractivity contribution < 1.29 is 23.1 Å². The lowest BCUT2D eigenvalue weighted by Crippen LogP contribution is -2.37. The molecule has 0 radical (unpaired) electrons. The number of nitrogens with one attached hydrogen (secondary N) is 1. The van der Waals surface area contributed by atoms with E-state index in [9.17, 15) is 8.78 Å². The highest BCUT2D eigenvalue weighted by atomic mass is 19.1. The molecule has 2 aliphatic heterocycles. The van der Waals surface area contributed by atoms with E-state index in [0.717, 1.165) is 48.1 Å². The van der Waals surface area contributed by atoms with Gasteiger partial charge < -0.3 is 9.47 Å². The molecule has 2 aliphatic rings. The van der Waals surface area contributed by atoms with E-state index < -0.39 is 6.10 Å². The quantitative estimate of drug-likeness (QED) is 0.631. The minimum absolute atomic E-state index is 0.00608. The summed E-state index contributed by atoms with van der Waals surface area (Å²) in [4.78, 5) is 5.20. The van der Waals surface area contributed by atoms with Gasteiger partial charge in [0.05, 0.1) is 25.4 Å². The van der Waals surface area contributed by atoms with Crippen molar-refractivity contribution in [1.82, 2.24) is 5.48 Å². The minimum atomic E-state index is -0.454. The van der Waals surface area contributed by atoms with E-state index in [1.165, 1.54) is 24.3 Å². The summed E-state index contributed by atoms with van der Waals surface area (Å²) in [5.41, 5.74) is 6.67. The Labute approximate surface area is 175 Å². The molecular formula is C24H27F2NO3.